The number of amides is 1. The van der Waals surface area contributed by atoms with Crippen LogP contribution in [-0.4, -0.2) is 56.8 Å². The highest BCUT2D eigenvalue weighted by Gasteiger charge is 2.34. The standard InChI is InChI=1S/C20H22F3N3O3S/c1-14-7-8-15(30(28,29)26-11-9-25(2)10-12-26)13-16(14)19(27)24-18-6-4-3-5-17(18)20(21,22)23/h3-8,13H,9-12H2,1-2H3,(H,24,27). The number of nitrogens with one attached hydrogen (secondary N) is 1. The van der Waals surface area contributed by atoms with Gasteiger partial charge in [0.25, 0.3) is 5.91 Å². The summed E-state index contributed by atoms with van der Waals surface area (Å²) in [6.45, 7) is 3.43. The van der Waals surface area contributed by atoms with Crippen LogP contribution in [0.15, 0.2) is 47.4 Å². The fourth-order valence-electron chi connectivity index (χ4n) is 3.21. The van der Waals surface area contributed by atoms with Crippen LogP contribution in [0.5, 0.6) is 0 Å². The number of piperazine rings is 1. The number of alkyl halides is 3. The van der Waals surface area contributed by atoms with Gasteiger partial charge in [0.05, 0.1) is 16.1 Å². The molecule has 0 spiro atoms. The molecule has 2 aromatic carbocycles. The lowest BCUT2D eigenvalue weighted by Crippen LogP contribution is -2.47. The van der Waals surface area contributed by atoms with E-state index in [9.17, 15) is 26.4 Å². The van der Waals surface area contributed by atoms with Gasteiger partial charge in [-0.2, -0.15) is 17.5 Å². The van der Waals surface area contributed by atoms with Crippen molar-refractivity contribution in [2.75, 3.05) is 38.5 Å². The minimum atomic E-state index is -4.63. The van der Waals surface area contributed by atoms with Crippen molar-refractivity contribution in [3.8, 4) is 0 Å². The van der Waals surface area contributed by atoms with E-state index in [0.717, 1.165) is 12.1 Å². The van der Waals surface area contributed by atoms with Gasteiger partial charge in [-0.3, -0.25) is 4.79 Å². The molecule has 0 aromatic heterocycles. The van der Waals surface area contributed by atoms with Crippen molar-refractivity contribution in [2.24, 2.45) is 0 Å². The van der Waals surface area contributed by atoms with Gasteiger partial charge in [-0.05, 0) is 43.8 Å². The van der Waals surface area contributed by atoms with Crippen LogP contribution in [0.2, 0.25) is 0 Å². The summed E-state index contributed by atoms with van der Waals surface area (Å²) >= 11 is 0. The molecule has 0 saturated carbocycles. The highest BCUT2D eigenvalue weighted by molar-refractivity contribution is 7.89. The Morgan fingerprint density at radius 3 is 2.30 bits per heavy atom. The van der Waals surface area contributed by atoms with Crippen molar-refractivity contribution in [2.45, 2.75) is 18.0 Å². The number of para-hydroxylation sites is 1. The Morgan fingerprint density at radius 1 is 1.03 bits per heavy atom. The molecule has 1 fully saturated rings. The van der Waals surface area contributed by atoms with Crippen LogP contribution < -0.4 is 5.32 Å². The normalized spacial score (nSPS) is 16.4. The van der Waals surface area contributed by atoms with Gasteiger partial charge < -0.3 is 10.2 Å². The Labute approximate surface area is 173 Å². The van der Waals surface area contributed by atoms with Crippen LogP contribution >= 0.6 is 0 Å². The summed E-state index contributed by atoms with van der Waals surface area (Å²) in [5.74, 6) is -0.806. The van der Waals surface area contributed by atoms with Crippen molar-refractivity contribution in [3.05, 3.63) is 59.2 Å². The number of hydrogen-bond acceptors (Lipinski definition) is 4. The Morgan fingerprint density at radius 2 is 1.67 bits per heavy atom. The van der Waals surface area contributed by atoms with Gasteiger partial charge in [0.2, 0.25) is 10.0 Å². The molecule has 30 heavy (non-hydrogen) atoms. The first kappa shape index (κ1) is 22.3. The van der Waals surface area contributed by atoms with E-state index >= 15 is 0 Å². The molecule has 0 aliphatic carbocycles. The number of carbonyl (C=O) groups excluding carboxylic acids is 1. The van der Waals surface area contributed by atoms with E-state index in [1.807, 2.05) is 11.9 Å². The summed E-state index contributed by atoms with van der Waals surface area (Å²) in [5.41, 5.74) is -0.907. The maximum Gasteiger partial charge on any atom is 0.418 e. The van der Waals surface area contributed by atoms with Crippen LogP contribution in [0.1, 0.15) is 21.5 Å². The van der Waals surface area contributed by atoms with Crippen molar-refractivity contribution in [1.29, 1.82) is 0 Å². The summed E-state index contributed by atoms with van der Waals surface area (Å²) in [6.07, 6.45) is -4.63. The number of nitrogens with zero attached hydrogens (tertiary/aromatic N) is 2. The highest BCUT2D eigenvalue weighted by Crippen LogP contribution is 2.35. The summed E-state index contributed by atoms with van der Waals surface area (Å²) in [4.78, 5) is 14.7. The van der Waals surface area contributed by atoms with Crippen LogP contribution in [0.25, 0.3) is 0 Å². The predicted octanol–water partition coefficient (Wildman–Crippen LogP) is 3.20. The second-order valence-electron chi connectivity index (χ2n) is 7.18. The molecule has 1 N–H and O–H groups in total. The van der Waals surface area contributed by atoms with Crippen LogP contribution in [0, 0.1) is 6.92 Å². The first-order valence-electron chi connectivity index (χ1n) is 9.27. The molecule has 1 amide bonds. The molecule has 0 unspecified atom stereocenters. The van der Waals surface area contributed by atoms with Gasteiger partial charge in [-0.1, -0.05) is 18.2 Å². The molecular formula is C20H22F3N3O3S. The Bertz CT molecular complexity index is 1050. The van der Waals surface area contributed by atoms with E-state index in [4.69, 9.17) is 0 Å². The van der Waals surface area contributed by atoms with E-state index in [1.54, 1.807) is 6.92 Å². The minimum absolute atomic E-state index is 0.00202. The van der Waals surface area contributed by atoms with E-state index in [1.165, 1.54) is 34.6 Å². The number of benzene rings is 2. The second-order valence-corrected chi connectivity index (χ2v) is 9.12. The maximum absolute atomic E-state index is 13.2. The highest BCUT2D eigenvalue weighted by atomic mass is 32.2. The molecule has 2 aromatic rings. The zero-order valence-electron chi connectivity index (χ0n) is 16.5. The van der Waals surface area contributed by atoms with E-state index in [-0.39, 0.29) is 16.1 Å². The summed E-state index contributed by atoms with van der Waals surface area (Å²) < 4.78 is 66.8. The SMILES string of the molecule is Cc1ccc(S(=O)(=O)N2CCN(C)CC2)cc1C(=O)Nc1ccccc1C(F)(F)F. The Kier molecular flexibility index (Phi) is 6.21. The molecular weight excluding hydrogens is 419 g/mol. The zero-order valence-corrected chi connectivity index (χ0v) is 17.3. The third-order valence-electron chi connectivity index (χ3n) is 5.03. The summed E-state index contributed by atoms with van der Waals surface area (Å²) in [5, 5.41) is 2.26. The van der Waals surface area contributed by atoms with Gasteiger partial charge in [0.1, 0.15) is 0 Å². The summed E-state index contributed by atoms with van der Waals surface area (Å²) in [7, 11) is -1.92. The number of likely N-dealkylation sites (N-methyl/N-ethyl adjacent to an activating group) is 1. The molecule has 6 nitrogen and oxygen atoms in total. The molecule has 0 atom stereocenters. The first-order chi connectivity index (χ1) is 14.0. The van der Waals surface area contributed by atoms with Crippen LogP contribution in [0.3, 0.4) is 0 Å². The second kappa shape index (κ2) is 8.37. The molecule has 1 aliphatic rings. The fraction of sp³-hybridized carbons (Fsp3) is 0.350. The lowest BCUT2D eigenvalue weighted by molar-refractivity contribution is -0.136. The minimum Gasteiger partial charge on any atom is -0.321 e. The lowest BCUT2D eigenvalue weighted by Gasteiger charge is -2.31. The molecule has 3 rings (SSSR count). The van der Waals surface area contributed by atoms with Crippen molar-refractivity contribution in [1.82, 2.24) is 9.21 Å². The van der Waals surface area contributed by atoms with Gasteiger partial charge in [-0.15, -0.1) is 0 Å². The fourth-order valence-corrected chi connectivity index (χ4v) is 4.66. The van der Waals surface area contributed by atoms with Crippen LogP contribution in [0.4, 0.5) is 18.9 Å². The average Bonchev–Trinajstić information content (AvgIpc) is 2.68. The molecule has 1 heterocycles. The molecule has 1 aliphatic heterocycles. The number of anilines is 1. The number of sulfonamides is 1. The third-order valence-corrected chi connectivity index (χ3v) is 6.93. The number of aryl methyl sites for hydroxylation is 1. The largest absolute Gasteiger partial charge is 0.418 e. The summed E-state index contributed by atoms with van der Waals surface area (Å²) in [6, 6.07) is 8.74. The lowest BCUT2D eigenvalue weighted by atomic mass is 10.1. The predicted molar refractivity (Wildman–Crippen MR) is 107 cm³/mol. The molecule has 1 saturated heterocycles. The number of carbonyl (C=O) groups is 1. The van der Waals surface area contributed by atoms with Crippen molar-refractivity contribution >= 4 is 21.6 Å². The van der Waals surface area contributed by atoms with Crippen LogP contribution in [-0.2, 0) is 16.2 Å². The number of hydrogen-bond donors (Lipinski definition) is 1. The number of rotatable bonds is 4. The third kappa shape index (κ3) is 4.66. The maximum atomic E-state index is 13.2. The molecule has 162 valence electrons. The van der Waals surface area contributed by atoms with Crippen molar-refractivity contribution < 1.29 is 26.4 Å². The topological polar surface area (TPSA) is 69.7 Å². The molecule has 10 heteroatoms. The monoisotopic (exact) mass is 441 g/mol. The molecule has 0 radical (unpaired) electrons. The van der Waals surface area contributed by atoms with Gasteiger partial charge in [0.15, 0.2) is 0 Å². The van der Waals surface area contributed by atoms with E-state index in [2.05, 4.69) is 5.32 Å². The average molecular weight is 441 g/mol. The smallest absolute Gasteiger partial charge is 0.321 e. The van der Waals surface area contributed by atoms with Gasteiger partial charge >= 0.3 is 6.18 Å². The molecule has 0 bridgehead atoms. The van der Waals surface area contributed by atoms with E-state index < -0.39 is 27.7 Å². The van der Waals surface area contributed by atoms with Gasteiger partial charge in [0, 0.05) is 31.7 Å². The Balaban J connectivity index is 1.90. The number of halogens is 3. The first-order valence-corrected chi connectivity index (χ1v) is 10.7. The van der Waals surface area contributed by atoms with E-state index in [0.29, 0.717) is 31.7 Å². The van der Waals surface area contributed by atoms with Gasteiger partial charge in [-0.25, -0.2) is 8.42 Å². The quantitative estimate of drug-likeness (QED) is 0.791. The Hall–Kier alpha value is -2.43. The zero-order chi connectivity index (χ0) is 22.1. The van der Waals surface area contributed by atoms with Crippen molar-refractivity contribution in [3.63, 3.8) is 0 Å².